The normalized spacial score (nSPS) is 14.0. The molecule has 0 bridgehead atoms. The molecule has 0 radical (unpaired) electrons. The van der Waals surface area contributed by atoms with Crippen molar-refractivity contribution in [1.82, 2.24) is 5.32 Å². The van der Waals surface area contributed by atoms with Crippen molar-refractivity contribution in [2.75, 3.05) is 26.3 Å². The molecule has 0 saturated heterocycles. The van der Waals surface area contributed by atoms with Crippen LogP contribution in [0.15, 0.2) is 24.3 Å². The van der Waals surface area contributed by atoms with E-state index in [-0.39, 0.29) is 13.2 Å². The smallest absolute Gasteiger partial charge is 0.119 e. The lowest BCUT2D eigenvalue weighted by Crippen LogP contribution is -2.34. The highest BCUT2D eigenvalue weighted by atomic mass is 16.5. The molecule has 3 N–H and O–H groups in total. The van der Waals surface area contributed by atoms with Crippen molar-refractivity contribution < 1.29 is 14.9 Å². The Kier molecular flexibility index (Phi) is 8.26. The van der Waals surface area contributed by atoms with Gasteiger partial charge in [0.15, 0.2) is 0 Å². The summed E-state index contributed by atoms with van der Waals surface area (Å²) in [6.07, 6.45) is 1.31. The monoisotopic (exact) mass is 281 g/mol. The van der Waals surface area contributed by atoms with Crippen molar-refractivity contribution in [2.24, 2.45) is 5.92 Å². The van der Waals surface area contributed by atoms with E-state index in [1.54, 1.807) is 0 Å². The third-order valence-corrected chi connectivity index (χ3v) is 3.39. The zero-order valence-corrected chi connectivity index (χ0v) is 12.5. The number of benzene rings is 1. The van der Waals surface area contributed by atoms with E-state index < -0.39 is 6.10 Å². The van der Waals surface area contributed by atoms with Crippen molar-refractivity contribution in [3.05, 3.63) is 29.8 Å². The third kappa shape index (κ3) is 6.89. The number of hydrogen-bond donors (Lipinski definition) is 3. The standard InChI is InChI=1S/C16H27NO3/c1-3-14(8-9-18)10-17-11-15(19)12-20-16-6-4-13(2)5-7-16/h4-7,14-15,17-19H,3,8-12H2,1-2H3. The first kappa shape index (κ1) is 17.0. The Morgan fingerprint density at radius 2 is 1.90 bits per heavy atom. The van der Waals surface area contributed by atoms with Crippen LogP contribution in [0.2, 0.25) is 0 Å². The number of aliphatic hydroxyl groups is 2. The molecule has 0 spiro atoms. The number of rotatable bonds is 10. The maximum Gasteiger partial charge on any atom is 0.119 e. The Labute approximate surface area is 121 Å². The van der Waals surface area contributed by atoms with E-state index in [0.717, 1.165) is 25.1 Å². The summed E-state index contributed by atoms with van der Waals surface area (Å²) in [5.41, 5.74) is 1.19. The minimum absolute atomic E-state index is 0.222. The summed E-state index contributed by atoms with van der Waals surface area (Å²) in [5.74, 6) is 1.24. The first-order valence-corrected chi connectivity index (χ1v) is 7.34. The molecule has 114 valence electrons. The molecule has 0 heterocycles. The fourth-order valence-electron chi connectivity index (χ4n) is 1.97. The largest absolute Gasteiger partial charge is 0.491 e. The second-order valence-corrected chi connectivity index (χ2v) is 5.22. The number of nitrogens with one attached hydrogen (secondary N) is 1. The average Bonchev–Trinajstić information content (AvgIpc) is 2.45. The highest BCUT2D eigenvalue weighted by Gasteiger charge is 2.08. The van der Waals surface area contributed by atoms with Gasteiger partial charge in [0.25, 0.3) is 0 Å². The Morgan fingerprint density at radius 3 is 2.50 bits per heavy atom. The first-order valence-electron chi connectivity index (χ1n) is 7.34. The van der Waals surface area contributed by atoms with Gasteiger partial charge >= 0.3 is 0 Å². The Hall–Kier alpha value is -1.10. The molecule has 0 amide bonds. The average molecular weight is 281 g/mol. The fourth-order valence-corrected chi connectivity index (χ4v) is 1.97. The van der Waals surface area contributed by atoms with Gasteiger partial charge in [0, 0.05) is 13.2 Å². The molecule has 4 nitrogen and oxygen atoms in total. The van der Waals surface area contributed by atoms with Crippen molar-refractivity contribution in [3.63, 3.8) is 0 Å². The van der Waals surface area contributed by atoms with Crippen LogP contribution in [-0.4, -0.2) is 42.6 Å². The summed E-state index contributed by atoms with van der Waals surface area (Å²) in [6, 6.07) is 7.79. The molecule has 0 aliphatic heterocycles. The van der Waals surface area contributed by atoms with Gasteiger partial charge in [-0.1, -0.05) is 31.0 Å². The minimum Gasteiger partial charge on any atom is -0.491 e. The fraction of sp³-hybridized carbons (Fsp3) is 0.625. The van der Waals surface area contributed by atoms with E-state index in [0.29, 0.717) is 12.5 Å². The van der Waals surface area contributed by atoms with Crippen molar-refractivity contribution >= 4 is 0 Å². The topological polar surface area (TPSA) is 61.7 Å². The van der Waals surface area contributed by atoms with Gasteiger partial charge in [-0.2, -0.15) is 0 Å². The zero-order chi connectivity index (χ0) is 14.8. The van der Waals surface area contributed by atoms with Crippen LogP contribution in [-0.2, 0) is 0 Å². The predicted octanol–water partition coefficient (Wildman–Crippen LogP) is 1.73. The van der Waals surface area contributed by atoms with E-state index >= 15 is 0 Å². The van der Waals surface area contributed by atoms with Crippen LogP contribution in [0.4, 0.5) is 0 Å². The summed E-state index contributed by atoms with van der Waals surface area (Å²) in [6.45, 7) is 5.97. The molecule has 2 unspecified atom stereocenters. The van der Waals surface area contributed by atoms with Gasteiger partial charge in [-0.15, -0.1) is 0 Å². The van der Waals surface area contributed by atoms with Crippen LogP contribution in [0.1, 0.15) is 25.3 Å². The van der Waals surface area contributed by atoms with E-state index in [9.17, 15) is 5.11 Å². The minimum atomic E-state index is -0.525. The Balaban J connectivity index is 2.16. The van der Waals surface area contributed by atoms with E-state index in [4.69, 9.17) is 9.84 Å². The van der Waals surface area contributed by atoms with Gasteiger partial charge in [-0.3, -0.25) is 0 Å². The summed E-state index contributed by atoms with van der Waals surface area (Å²) in [7, 11) is 0. The molecule has 20 heavy (non-hydrogen) atoms. The van der Waals surface area contributed by atoms with E-state index in [2.05, 4.69) is 12.2 Å². The second-order valence-electron chi connectivity index (χ2n) is 5.22. The second kappa shape index (κ2) is 9.75. The maximum absolute atomic E-state index is 9.84. The molecule has 4 heteroatoms. The van der Waals surface area contributed by atoms with Crippen LogP contribution >= 0.6 is 0 Å². The molecule has 2 atom stereocenters. The van der Waals surface area contributed by atoms with Gasteiger partial charge in [0.05, 0.1) is 0 Å². The maximum atomic E-state index is 9.84. The number of aryl methyl sites for hydroxylation is 1. The summed E-state index contributed by atoms with van der Waals surface area (Å²) < 4.78 is 5.52. The SMILES string of the molecule is CCC(CCO)CNCC(O)COc1ccc(C)cc1. The molecular weight excluding hydrogens is 254 g/mol. The molecular formula is C16H27NO3. The van der Waals surface area contributed by atoms with Gasteiger partial charge < -0.3 is 20.3 Å². The highest BCUT2D eigenvalue weighted by Crippen LogP contribution is 2.11. The quantitative estimate of drug-likeness (QED) is 0.611. The molecule has 1 rings (SSSR count). The van der Waals surface area contributed by atoms with Gasteiger partial charge in [0.2, 0.25) is 0 Å². The van der Waals surface area contributed by atoms with Crippen molar-refractivity contribution in [3.8, 4) is 5.75 Å². The molecule has 1 aromatic rings. The number of aliphatic hydroxyl groups excluding tert-OH is 2. The molecule has 0 aromatic heterocycles. The van der Waals surface area contributed by atoms with Crippen LogP contribution in [0.25, 0.3) is 0 Å². The van der Waals surface area contributed by atoms with Gasteiger partial charge in [-0.25, -0.2) is 0 Å². The molecule has 0 aliphatic rings. The first-order chi connectivity index (χ1) is 9.65. The molecule has 1 aromatic carbocycles. The van der Waals surface area contributed by atoms with Gasteiger partial charge in [-0.05, 0) is 37.9 Å². The lowest BCUT2D eigenvalue weighted by atomic mass is 10.0. The lowest BCUT2D eigenvalue weighted by molar-refractivity contribution is 0.105. The third-order valence-electron chi connectivity index (χ3n) is 3.39. The number of hydrogen-bond acceptors (Lipinski definition) is 4. The Morgan fingerprint density at radius 1 is 1.20 bits per heavy atom. The van der Waals surface area contributed by atoms with Crippen LogP contribution in [0.3, 0.4) is 0 Å². The molecule has 0 aliphatic carbocycles. The number of ether oxygens (including phenoxy) is 1. The summed E-state index contributed by atoms with van der Waals surface area (Å²) >= 11 is 0. The highest BCUT2D eigenvalue weighted by molar-refractivity contribution is 5.26. The van der Waals surface area contributed by atoms with Crippen LogP contribution < -0.4 is 10.1 Å². The van der Waals surface area contributed by atoms with Crippen LogP contribution in [0.5, 0.6) is 5.75 Å². The van der Waals surface area contributed by atoms with Crippen molar-refractivity contribution in [1.29, 1.82) is 0 Å². The molecule has 0 fully saturated rings. The predicted molar refractivity (Wildman–Crippen MR) is 81.0 cm³/mol. The van der Waals surface area contributed by atoms with Crippen LogP contribution in [0, 0.1) is 12.8 Å². The summed E-state index contributed by atoms with van der Waals surface area (Å²) in [4.78, 5) is 0. The zero-order valence-electron chi connectivity index (χ0n) is 12.5. The Bertz CT molecular complexity index is 353. The van der Waals surface area contributed by atoms with E-state index in [1.807, 2.05) is 31.2 Å². The lowest BCUT2D eigenvalue weighted by Gasteiger charge is -2.17. The van der Waals surface area contributed by atoms with Crippen molar-refractivity contribution in [2.45, 2.75) is 32.8 Å². The molecule has 0 saturated carbocycles. The summed E-state index contributed by atoms with van der Waals surface area (Å²) in [5, 5.41) is 22.0. The van der Waals surface area contributed by atoms with Gasteiger partial charge in [0.1, 0.15) is 18.5 Å². The van der Waals surface area contributed by atoms with E-state index in [1.165, 1.54) is 5.56 Å².